The smallest absolute Gasteiger partial charge is 0.255 e. The van der Waals surface area contributed by atoms with Crippen LogP contribution in [0.5, 0.6) is 5.75 Å². The van der Waals surface area contributed by atoms with Crippen molar-refractivity contribution in [3.63, 3.8) is 0 Å². The van der Waals surface area contributed by atoms with Crippen LogP contribution in [0.1, 0.15) is 16.8 Å². The van der Waals surface area contributed by atoms with Crippen molar-refractivity contribution in [2.75, 3.05) is 31.4 Å². The summed E-state index contributed by atoms with van der Waals surface area (Å²) in [5.74, 6) is 1.24. The van der Waals surface area contributed by atoms with Gasteiger partial charge in [-0.15, -0.1) is 12.4 Å². The molecule has 0 bridgehead atoms. The van der Waals surface area contributed by atoms with Gasteiger partial charge in [0, 0.05) is 12.6 Å². The van der Waals surface area contributed by atoms with Crippen LogP contribution in [0, 0.1) is 0 Å². The second-order valence-corrected chi connectivity index (χ2v) is 5.07. The molecule has 19 heavy (non-hydrogen) atoms. The summed E-state index contributed by atoms with van der Waals surface area (Å²) in [6.07, 6.45) is 2.96. The molecule has 0 saturated heterocycles. The molecule has 0 atom stereocenters. The quantitative estimate of drug-likeness (QED) is 0.623. The van der Waals surface area contributed by atoms with Gasteiger partial charge < -0.3 is 15.8 Å². The molecule has 0 aliphatic carbocycles. The Kier molecular flexibility index (Phi) is 8.80. The molecule has 0 unspecified atom stereocenters. The summed E-state index contributed by atoms with van der Waals surface area (Å²) in [5.41, 5.74) is 6.46. The third-order valence-corrected chi connectivity index (χ3v) is 3.40. The molecule has 0 aliphatic rings. The van der Waals surface area contributed by atoms with Gasteiger partial charge in [-0.3, -0.25) is 4.79 Å². The van der Waals surface area contributed by atoms with Crippen LogP contribution < -0.4 is 15.8 Å². The number of hydrogen-bond donors (Lipinski definition) is 2. The zero-order valence-corrected chi connectivity index (χ0v) is 13.3. The van der Waals surface area contributed by atoms with E-state index >= 15 is 0 Å². The van der Waals surface area contributed by atoms with E-state index in [1.807, 2.05) is 6.26 Å². The molecule has 0 fully saturated rings. The molecule has 0 saturated carbocycles. The maximum Gasteiger partial charge on any atom is 0.255 e. The average molecular weight is 325 g/mol. The van der Waals surface area contributed by atoms with Crippen molar-refractivity contribution in [1.29, 1.82) is 0 Å². The van der Waals surface area contributed by atoms with Crippen LogP contribution in [0.25, 0.3) is 0 Å². The van der Waals surface area contributed by atoms with E-state index in [1.54, 1.807) is 17.8 Å². The Morgan fingerprint density at radius 2 is 2.21 bits per heavy atom. The van der Waals surface area contributed by atoms with Crippen molar-refractivity contribution in [2.24, 2.45) is 0 Å². The van der Waals surface area contributed by atoms with Crippen LogP contribution in [0.15, 0.2) is 12.1 Å². The summed E-state index contributed by atoms with van der Waals surface area (Å²) in [7, 11) is 1.49. The molecule has 0 heterocycles. The zero-order chi connectivity index (χ0) is 13.5. The minimum Gasteiger partial charge on any atom is -0.496 e. The second-order valence-electron chi connectivity index (χ2n) is 3.68. The third-order valence-electron chi connectivity index (χ3n) is 2.37. The minimum atomic E-state index is -0.199. The zero-order valence-electron chi connectivity index (χ0n) is 10.9. The molecular weight excluding hydrogens is 307 g/mol. The fourth-order valence-corrected chi connectivity index (χ4v) is 2.03. The van der Waals surface area contributed by atoms with Crippen molar-refractivity contribution < 1.29 is 9.53 Å². The number of carbonyl (C=O) groups excluding carboxylic acids is 1. The molecule has 0 aliphatic heterocycles. The number of benzene rings is 1. The topological polar surface area (TPSA) is 64.3 Å². The number of carbonyl (C=O) groups is 1. The van der Waals surface area contributed by atoms with E-state index in [-0.39, 0.29) is 18.3 Å². The highest BCUT2D eigenvalue weighted by molar-refractivity contribution is 7.98. The van der Waals surface area contributed by atoms with Crippen LogP contribution in [0.3, 0.4) is 0 Å². The van der Waals surface area contributed by atoms with Gasteiger partial charge in [0.2, 0.25) is 0 Å². The first-order valence-electron chi connectivity index (χ1n) is 5.50. The summed E-state index contributed by atoms with van der Waals surface area (Å²) in [4.78, 5) is 12.0. The van der Waals surface area contributed by atoms with E-state index in [4.69, 9.17) is 22.1 Å². The van der Waals surface area contributed by atoms with E-state index in [0.717, 1.165) is 12.2 Å². The highest BCUT2D eigenvalue weighted by atomic mass is 35.5. The third kappa shape index (κ3) is 5.38. The number of anilines is 1. The Bertz CT molecular complexity index is 430. The number of halogens is 2. The summed E-state index contributed by atoms with van der Waals surface area (Å²) >= 11 is 7.65. The SMILES string of the molecule is COc1cc(N)c(Cl)cc1C(=O)NCCCSC.Cl. The summed E-state index contributed by atoms with van der Waals surface area (Å²) < 4.78 is 5.13. The molecule has 1 aromatic rings. The molecule has 0 radical (unpaired) electrons. The number of ether oxygens (including phenoxy) is 1. The molecule has 1 aromatic carbocycles. The van der Waals surface area contributed by atoms with E-state index in [1.165, 1.54) is 13.2 Å². The Morgan fingerprint density at radius 3 is 2.79 bits per heavy atom. The normalized spacial score (nSPS) is 9.63. The maximum absolute atomic E-state index is 12.0. The standard InChI is InChI=1S/C12H17ClN2O2S.ClH/c1-17-11-7-10(14)9(13)6-8(11)12(16)15-4-3-5-18-2;/h6-7H,3-5,14H2,1-2H3,(H,15,16);1H. The van der Waals surface area contributed by atoms with Gasteiger partial charge in [-0.05, 0) is 24.5 Å². The highest BCUT2D eigenvalue weighted by Crippen LogP contribution is 2.28. The largest absolute Gasteiger partial charge is 0.496 e. The number of nitrogen functional groups attached to an aromatic ring is 1. The van der Waals surface area contributed by atoms with Crippen molar-refractivity contribution in [2.45, 2.75) is 6.42 Å². The van der Waals surface area contributed by atoms with Crippen molar-refractivity contribution in [3.8, 4) is 5.75 Å². The number of nitrogens with two attached hydrogens (primary N) is 1. The minimum absolute atomic E-state index is 0. The first-order valence-corrected chi connectivity index (χ1v) is 7.27. The van der Waals surface area contributed by atoms with Gasteiger partial charge in [-0.25, -0.2) is 0 Å². The lowest BCUT2D eigenvalue weighted by Crippen LogP contribution is -2.25. The Balaban J connectivity index is 0.00000324. The predicted molar refractivity (Wildman–Crippen MR) is 85.0 cm³/mol. The average Bonchev–Trinajstić information content (AvgIpc) is 2.37. The number of rotatable bonds is 6. The lowest BCUT2D eigenvalue weighted by Gasteiger charge is -2.11. The van der Waals surface area contributed by atoms with Gasteiger partial charge in [-0.1, -0.05) is 11.6 Å². The van der Waals surface area contributed by atoms with Crippen molar-refractivity contribution >= 4 is 47.4 Å². The van der Waals surface area contributed by atoms with Gasteiger partial charge >= 0.3 is 0 Å². The van der Waals surface area contributed by atoms with E-state index < -0.39 is 0 Å². The van der Waals surface area contributed by atoms with Gasteiger partial charge in [0.15, 0.2) is 0 Å². The molecule has 1 amide bonds. The molecule has 108 valence electrons. The van der Waals surface area contributed by atoms with Crippen LogP contribution in [-0.2, 0) is 0 Å². The molecular formula is C12H18Cl2N2O2S. The Hall–Kier alpha value is -0.780. The Labute approximate surface area is 128 Å². The van der Waals surface area contributed by atoms with Crippen LogP contribution in [0.4, 0.5) is 5.69 Å². The molecule has 1 rings (SSSR count). The van der Waals surface area contributed by atoms with Crippen LogP contribution >= 0.6 is 35.8 Å². The lowest BCUT2D eigenvalue weighted by molar-refractivity contribution is 0.0951. The number of nitrogens with one attached hydrogen (secondary N) is 1. The first-order chi connectivity index (χ1) is 8.60. The van der Waals surface area contributed by atoms with Crippen LogP contribution in [-0.4, -0.2) is 31.6 Å². The molecule has 0 spiro atoms. The molecule has 7 heteroatoms. The number of methoxy groups -OCH3 is 1. The highest BCUT2D eigenvalue weighted by Gasteiger charge is 2.14. The summed E-state index contributed by atoms with van der Waals surface area (Å²) in [6, 6.07) is 3.08. The van der Waals surface area contributed by atoms with Gasteiger partial charge in [0.1, 0.15) is 5.75 Å². The summed E-state index contributed by atoms with van der Waals surface area (Å²) in [5, 5.41) is 3.18. The van der Waals surface area contributed by atoms with Gasteiger partial charge in [0.25, 0.3) is 5.91 Å². The fraction of sp³-hybridized carbons (Fsp3) is 0.417. The number of thioether (sulfide) groups is 1. The Morgan fingerprint density at radius 1 is 1.53 bits per heavy atom. The van der Waals surface area contributed by atoms with Gasteiger partial charge in [-0.2, -0.15) is 11.8 Å². The molecule has 4 nitrogen and oxygen atoms in total. The van der Waals surface area contributed by atoms with Crippen molar-refractivity contribution in [3.05, 3.63) is 22.7 Å². The monoisotopic (exact) mass is 324 g/mol. The molecule has 3 N–H and O–H groups in total. The predicted octanol–water partition coefficient (Wildman–Crippen LogP) is 2.84. The summed E-state index contributed by atoms with van der Waals surface area (Å²) in [6.45, 7) is 0.630. The van der Waals surface area contributed by atoms with E-state index in [9.17, 15) is 4.79 Å². The fourth-order valence-electron chi connectivity index (χ4n) is 1.43. The van der Waals surface area contributed by atoms with Crippen LogP contribution in [0.2, 0.25) is 5.02 Å². The van der Waals surface area contributed by atoms with E-state index in [0.29, 0.717) is 28.6 Å². The molecule has 0 aromatic heterocycles. The lowest BCUT2D eigenvalue weighted by atomic mass is 10.1. The maximum atomic E-state index is 12.0. The van der Waals surface area contributed by atoms with E-state index in [2.05, 4.69) is 5.32 Å². The number of amides is 1. The van der Waals surface area contributed by atoms with Gasteiger partial charge in [0.05, 0.1) is 23.4 Å². The number of hydrogen-bond acceptors (Lipinski definition) is 4. The first kappa shape index (κ1) is 18.2. The van der Waals surface area contributed by atoms with Crippen molar-refractivity contribution in [1.82, 2.24) is 5.32 Å². The second kappa shape index (κ2) is 9.18.